The molecule has 0 aliphatic carbocycles. The van der Waals surface area contributed by atoms with E-state index in [1.54, 1.807) is 61.7 Å². The van der Waals surface area contributed by atoms with Gasteiger partial charge in [-0.15, -0.1) is 0 Å². The fraction of sp³-hybridized carbons (Fsp3) is 0.269. The Morgan fingerprint density at radius 1 is 1.17 bits per heavy atom. The smallest absolute Gasteiger partial charge is 0.272 e. The number of nitrogens with zero attached hydrogens (tertiary/aromatic N) is 5. The van der Waals surface area contributed by atoms with Crippen molar-refractivity contribution in [1.82, 2.24) is 24.9 Å². The fourth-order valence-electron chi connectivity index (χ4n) is 3.65. The molecule has 3 aromatic heterocycles. The number of pyridine rings is 1. The summed E-state index contributed by atoms with van der Waals surface area (Å²) < 4.78 is 1.58. The molecule has 0 saturated carbocycles. The lowest BCUT2D eigenvalue weighted by Gasteiger charge is -2.26. The Kier molecular flexibility index (Phi) is 6.35. The zero-order valence-electron chi connectivity index (χ0n) is 19.9. The molecular weight excluding hydrogens is 444 g/mol. The van der Waals surface area contributed by atoms with Crippen molar-refractivity contribution >= 4 is 11.6 Å². The molecule has 1 atom stereocenters. The van der Waals surface area contributed by atoms with Crippen molar-refractivity contribution in [2.75, 3.05) is 0 Å². The number of hydrogen-bond donors (Lipinski definition) is 3. The predicted octanol–water partition coefficient (Wildman–Crippen LogP) is 3.02. The van der Waals surface area contributed by atoms with E-state index in [9.17, 15) is 20.3 Å². The van der Waals surface area contributed by atoms with Crippen LogP contribution >= 0.6 is 0 Å². The van der Waals surface area contributed by atoms with Crippen LogP contribution in [0.2, 0.25) is 0 Å². The van der Waals surface area contributed by atoms with E-state index >= 15 is 0 Å². The maximum atomic E-state index is 12.9. The van der Waals surface area contributed by atoms with Crippen molar-refractivity contribution in [3.63, 3.8) is 0 Å². The summed E-state index contributed by atoms with van der Waals surface area (Å²) >= 11 is 0. The summed E-state index contributed by atoms with van der Waals surface area (Å²) in [6.07, 6.45) is 0. The minimum absolute atomic E-state index is 0.151. The third-order valence-corrected chi connectivity index (χ3v) is 5.82. The second-order valence-electron chi connectivity index (χ2n) is 8.99. The number of carbonyl (C=O) groups excluding carboxylic acids is 1. The number of hydrogen-bond acceptors (Lipinski definition) is 7. The van der Waals surface area contributed by atoms with Gasteiger partial charge in [0.05, 0.1) is 41.3 Å². The number of fused-ring (bicyclic) bond motifs is 1. The topological polar surface area (TPSA) is 136 Å². The second-order valence-corrected chi connectivity index (χ2v) is 8.99. The molecule has 4 rings (SSSR count). The molecule has 0 aliphatic rings. The zero-order valence-corrected chi connectivity index (χ0v) is 19.9. The molecule has 0 fully saturated rings. The van der Waals surface area contributed by atoms with E-state index in [0.29, 0.717) is 45.1 Å². The lowest BCUT2D eigenvalue weighted by atomic mass is 10.0. The van der Waals surface area contributed by atoms with Gasteiger partial charge >= 0.3 is 0 Å². The largest absolute Gasteiger partial charge is 0.390 e. The van der Waals surface area contributed by atoms with Crippen LogP contribution in [0.1, 0.15) is 48.2 Å². The number of rotatable bonds is 6. The number of nitriles is 1. The van der Waals surface area contributed by atoms with Crippen LogP contribution in [0.15, 0.2) is 48.5 Å². The van der Waals surface area contributed by atoms with E-state index in [0.717, 1.165) is 0 Å². The number of aromatic nitrogens is 4. The highest BCUT2D eigenvalue weighted by atomic mass is 16.3. The Balaban J connectivity index is 1.93. The number of imidazole rings is 1. The van der Waals surface area contributed by atoms with Crippen LogP contribution in [0.25, 0.3) is 28.2 Å². The summed E-state index contributed by atoms with van der Waals surface area (Å²) in [5, 5.41) is 36.6. The minimum atomic E-state index is -1.10. The predicted molar refractivity (Wildman–Crippen MR) is 130 cm³/mol. The standard InChI is InChI=1S/C26H26N6O3/c1-15-10-19(12-20(14-33)28-15)24-23(18-7-5-6-17(11-18)13-27)30-22-9-8-21(31-32(22)24)25(34)29-16(2)26(3,4)35/h5-12,16,33,35H,14H2,1-4H3,(H,29,34)/t16-/m0/s1. The van der Waals surface area contributed by atoms with Gasteiger partial charge in [-0.3, -0.25) is 9.78 Å². The number of aliphatic hydroxyl groups excluding tert-OH is 1. The van der Waals surface area contributed by atoms with Gasteiger partial charge < -0.3 is 15.5 Å². The molecular formula is C26H26N6O3. The van der Waals surface area contributed by atoms with Crippen LogP contribution in [0.3, 0.4) is 0 Å². The maximum absolute atomic E-state index is 12.9. The molecule has 35 heavy (non-hydrogen) atoms. The molecule has 0 saturated heterocycles. The van der Waals surface area contributed by atoms with Crippen LogP contribution in [0.4, 0.5) is 0 Å². The van der Waals surface area contributed by atoms with Crippen LogP contribution < -0.4 is 5.32 Å². The Hall–Kier alpha value is -4.13. The van der Waals surface area contributed by atoms with Gasteiger partial charge in [0.2, 0.25) is 0 Å². The Morgan fingerprint density at radius 2 is 1.94 bits per heavy atom. The first-order valence-corrected chi connectivity index (χ1v) is 11.1. The molecule has 0 radical (unpaired) electrons. The number of aryl methyl sites for hydroxylation is 1. The molecule has 9 nitrogen and oxygen atoms in total. The summed E-state index contributed by atoms with van der Waals surface area (Å²) in [5.74, 6) is -0.434. The molecule has 9 heteroatoms. The molecule has 178 valence electrons. The van der Waals surface area contributed by atoms with Gasteiger partial charge in [0.15, 0.2) is 5.65 Å². The van der Waals surface area contributed by atoms with Gasteiger partial charge in [-0.2, -0.15) is 10.4 Å². The van der Waals surface area contributed by atoms with Crippen molar-refractivity contribution in [2.24, 2.45) is 0 Å². The molecule has 3 heterocycles. The van der Waals surface area contributed by atoms with E-state index in [2.05, 4.69) is 21.5 Å². The molecule has 4 aromatic rings. The van der Waals surface area contributed by atoms with E-state index in [-0.39, 0.29) is 12.3 Å². The number of aliphatic hydroxyl groups is 2. The van der Waals surface area contributed by atoms with E-state index in [1.165, 1.54) is 0 Å². The van der Waals surface area contributed by atoms with Crippen LogP contribution in [-0.4, -0.2) is 47.3 Å². The summed E-state index contributed by atoms with van der Waals surface area (Å²) in [4.78, 5) is 22.0. The molecule has 0 bridgehead atoms. The fourth-order valence-corrected chi connectivity index (χ4v) is 3.65. The quantitative estimate of drug-likeness (QED) is 0.394. The third-order valence-electron chi connectivity index (χ3n) is 5.82. The number of amides is 1. The molecule has 0 spiro atoms. The van der Waals surface area contributed by atoms with Crippen molar-refractivity contribution in [2.45, 2.75) is 45.9 Å². The highest BCUT2D eigenvalue weighted by molar-refractivity contribution is 5.93. The van der Waals surface area contributed by atoms with Crippen molar-refractivity contribution in [3.8, 4) is 28.6 Å². The minimum Gasteiger partial charge on any atom is -0.390 e. The maximum Gasteiger partial charge on any atom is 0.272 e. The van der Waals surface area contributed by atoms with E-state index in [1.807, 2.05) is 19.1 Å². The molecule has 3 N–H and O–H groups in total. The van der Waals surface area contributed by atoms with E-state index in [4.69, 9.17) is 4.98 Å². The molecule has 1 aromatic carbocycles. The van der Waals surface area contributed by atoms with E-state index < -0.39 is 17.6 Å². The number of carbonyl (C=O) groups is 1. The summed E-state index contributed by atoms with van der Waals surface area (Å²) in [7, 11) is 0. The average molecular weight is 471 g/mol. The van der Waals surface area contributed by atoms with Crippen LogP contribution in [0, 0.1) is 18.3 Å². The summed E-state index contributed by atoms with van der Waals surface area (Å²) in [6, 6.07) is 15.6. The first-order valence-electron chi connectivity index (χ1n) is 11.1. The monoisotopic (exact) mass is 470 g/mol. The van der Waals surface area contributed by atoms with Gasteiger partial charge in [-0.1, -0.05) is 12.1 Å². The van der Waals surface area contributed by atoms with Gasteiger partial charge in [0, 0.05) is 16.8 Å². The first kappa shape index (κ1) is 24.0. The highest BCUT2D eigenvalue weighted by Crippen LogP contribution is 2.33. The van der Waals surface area contributed by atoms with Gasteiger partial charge in [0.1, 0.15) is 11.4 Å². The third kappa shape index (κ3) is 4.89. The molecule has 0 unspecified atom stereocenters. The van der Waals surface area contributed by atoms with Crippen molar-refractivity contribution in [1.29, 1.82) is 5.26 Å². The Bertz CT molecular complexity index is 1460. The molecule has 0 aliphatic heterocycles. The van der Waals surface area contributed by atoms with Crippen molar-refractivity contribution in [3.05, 3.63) is 71.2 Å². The second kappa shape index (κ2) is 9.25. The lowest BCUT2D eigenvalue weighted by molar-refractivity contribution is 0.0407. The first-order chi connectivity index (χ1) is 16.6. The highest BCUT2D eigenvalue weighted by Gasteiger charge is 2.26. The number of nitrogens with one attached hydrogen (secondary N) is 1. The SMILES string of the molecule is Cc1cc(-c2c(-c3cccc(C#N)c3)nc3ccc(C(=O)N[C@@H](C)C(C)(C)O)nn23)cc(CO)n1. The van der Waals surface area contributed by atoms with Crippen LogP contribution in [-0.2, 0) is 6.61 Å². The van der Waals surface area contributed by atoms with Gasteiger partial charge in [-0.05, 0) is 64.1 Å². The van der Waals surface area contributed by atoms with Crippen molar-refractivity contribution < 1.29 is 15.0 Å². The normalized spacial score (nSPS) is 12.4. The van der Waals surface area contributed by atoms with Gasteiger partial charge in [0.25, 0.3) is 5.91 Å². The van der Waals surface area contributed by atoms with Crippen LogP contribution in [0.5, 0.6) is 0 Å². The Morgan fingerprint density at radius 3 is 2.63 bits per heavy atom. The number of benzene rings is 1. The summed E-state index contributed by atoms with van der Waals surface area (Å²) in [5.41, 5.74) is 3.82. The Labute approximate surface area is 202 Å². The van der Waals surface area contributed by atoms with Gasteiger partial charge in [-0.25, -0.2) is 9.50 Å². The molecule has 1 amide bonds. The lowest BCUT2D eigenvalue weighted by Crippen LogP contribution is -2.47. The average Bonchev–Trinajstić information content (AvgIpc) is 3.21. The summed E-state index contributed by atoms with van der Waals surface area (Å²) in [6.45, 7) is 6.55. The zero-order chi connectivity index (χ0) is 25.3.